The van der Waals surface area contributed by atoms with Crippen LogP contribution in [0.25, 0.3) is 0 Å². The lowest BCUT2D eigenvalue weighted by molar-refractivity contribution is -0.122. The van der Waals surface area contributed by atoms with Gasteiger partial charge in [0.2, 0.25) is 15.9 Å². The number of hydrogen-bond acceptors (Lipinski definition) is 5. The molecule has 0 saturated carbocycles. The van der Waals surface area contributed by atoms with Crippen LogP contribution >= 0.6 is 12.2 Å². The Morgan fingerprint density at radius 1 is 1.17 bits per heavy atom. The van der Waals surface area contributed by atoms with Crippen molar-refractivity contribution in [2.75, 3.05) is 18.5 Å². The maximum Gasteiger partial charge on any atom is 0.257 e. The predicted molar refractivity (Wildman–Crippen MR) is 117 cm³/mol. The maximum atomic E-state index is 13.0. The molecule has 0 aromatic heterocycles. The first kappa shape index (κ1) is 21.9. The van der Waals surface area contributed by atoms with Crippen LogP contribution in [0.15, 0.2) is 59.5 Å². The number of imide groups is 1. The molecule has 1 aliphatic heterocycles. The number of benzene rings is 2. The summed E-state index contributed by atoms with van der Waals surface area (Å²) < 4.78 is 22.8. The lowest BCUT2D eigenvalue weighted by Gasteiger charge is -2.29. The Balaban J connectivity index is 1.77. The zero-order chi connectivity index (χ0) is 21.9. The van der Waals surface area contributed by atoms with E-state index >= 15 is 0 Å². The summed E-state index contributed by atoms with van der Waals surface area (Å²) in [5.41, 5.74) is 1.38. The van der Waals surface area contributed by atoms with Crippen molar-refractivity contribution in [1.29, 1.82) is 0 Å². The topological polar surface area (TPSA) is 113 Å². The summed E-state index contributed by atoms with van der Waals surface area (Å²) in [7, 11) is -2.10. The van der Waals surface area contributed by atoms with Gasteiger partial charge >= 0.3 is 0 Å². The Kier molecular flexibility index (Phi) is 6.49. The lowest BCUT2D eigenvalue weighted by atomic mass is 10.1. The number of thiocarbonyl (C=S) groups is 1. The Bertz CT molecular complexity index is 1060. The molecule has 30 heavy (non-hydrogen) atoms. The van der Waals surface area contributed by atoms with E-state index in [-0.39, 0.29) is 23.1 Å². The van der Waals surface area contributed by atoms with Crippen molar-refractivity contribution in [2.24, 2.45) is 5.14 Å². The maximum absolute atomic E-state index is 13.0. The van der Waals surface area contributed by atoms with Crippen molar-refractivity contribution in [3.8, 4) is 0 Å². The average Bonchev–Trinajstić information content (AvgIpc) is 3.02. The Hall–Kier alpha value is -2.82. The second kappa shape index (κ2) is 8.90. The smallest absolute Gasteiger partial charge is 0.257 e. The number of carbonyl (C=O) groups is 2. The van der Waals surface area contributed by atoms with E-state index in [1.165, 1.54) is 17.0 Å². The van der Waals surface area contributed by atoms with E-state index < -0.39 is 16.1 Å². The van der Waals surface area contributed by atoms with Crippen LogP contribution < -0.4 is 15.4 Å². The van der Waals surface area contributed by atoms with Gasteiger partial charge in [0.15, 0.2) is 5.11 Å². The van der Waals surface area contributed by atoms with E-state index in [4.69, 9.17) is 17.4 Å². The molecular weight excluding hydrogens is 424 g/mol. The van der Waals surface area contributed by atoms with Gasteiger partial charge in [-0.25, -0.2) is 18.5 Å². The molecule has 3 rings (SSSR count). The largest absolute Gasteiger partial charge is 0.366 e. The molecule has 1 saturated heterocycles. The first-order valence-electron chi connectivity index (χ1n) is 9.24. The van der Waals surface area contributed by atoms with Crippen LogP contribution in [0.3, 0.4) is 0 Å². The Labute approximate surface area is 180 Å². The quantitative estimate of drug-likeness (QED) is 0.503. The van der Waals surface area contributed by atoms with Gasteiger partial charge in [0.1, 0.15) is 6.04 Å². The highest BCUT2D eigenvalue weighted by atomic mass is 32.2. The fourth-order valence-corrected chi connectivity index (χ4v) is 4.08. The first-order chi connectivity index (χ1) is 14.2. The van der Waals surface area contributed by atoms with Crippen LogP contribution in [0.2, 0.25) is 0 Å². The second-order valence-corrected chi connectivity index (χ2v) is 8.76. The minimum Gasteiger partial charge on any atom is -0.366 e. The molecule has 3 N–H and O–H groups in total. The number of sulfonamides is 1. The van der Waals surface area contributed by atoms with Gasteiger partial charge in [0.25, 0.3) is 5.91 Å². The molecule has 1 heterocycles. The summed E-state index contributed by atoms with van der Waals surface area (Å²) in [5, 5.41) is 8.36. The molecule has 2 amide bonds. The molecule has 0 spiro atoms. The number of rotatable bonds is 6. The number of nitrogens with zero attached hydrogens (tertiary/aromatic N) is 2. The van der Waals surface area contributed by atoms with Crippen molar-refractivity contribution < 1.29 is 18.0 Å². The molecule has 0 bridgehead atoms. The molecule has 10 heteroatoms. The summed E-state index contributed by atoms with van der Waals surface area (Å²) in [5.74, 6) is -0.606. The third-order valence-electron chi connectivity index (χ3n) is 4.88. The van der Waals surface area contributed by atoms with Crippen molar-refractivity contribution in [2.45, 2.75) is 23.8 Å². The van der Waals surface area contributed by atoms with Crippen molar-refractivity contribution >= 4 is 44.9 Å². The van der Waals surface area contributed by atoms with Crippen LogP contribution in [0, 0.1) is 0 Å². The highest BCUT2D eigenvalue weighted by Gasteiger charge is 2.43. The number of carbonyl (C=O) groups excluding carboxylic acids is 2. The lowest BCUT2D eigenvalue weighted by Crippen LogP contribution is -2.49. The van der Waals surface area contributed by atoms with Crippen LogP contribution in [-0.2, 0) is 26.0 Å². The third kappa shape index (κ3) is 4.66. The van der Waals surface area contributed by atoms with Crippen LogP contribution in [-0.4, -0.2) is 49.9 Å². The van der Waals surface area contributed by atoms with Gasteiger partial charge in [0, 0.05) is 13.6 Å². The highest BCUT2D eigenvalue weighted by molar-refractivity contribution is 7.89. The number of amides is 2. The molecule has 0 radical (unpaired) electrons. The van der Waals surface area contributed by atoms with Crippen molar-refractivity contribution in [3.63, 3.8) is 0 Å². The molecule has 158 valence electrons. The van der Waals surface area contributed by atoms with E-state index in [1.807, 2.05) is 6.07 Å². The number of hydrogen-bond donors (Lipinski definition) is 2. The van der Waals surface area contributed by atoms with Gasteiger partial charge in [-0.1, -0.05) is 30.3 Å². The monoisotopic (exact) mass is 446 g/mol. The van der Waals surface area contributed by atoms with E-state index in [0.717, 1.165) is 5.56 Å². The first-order valence-corrected chi connectivity index (χ1v) is 11.2. The average molecular weight is 447 g/mol. The number of nitrogens with two attached hydrogens (primary N) is 1. The fourth-order valence-electron chi connectivity index (χ4n) is 3.35. The molecule has 1 unspecified atom stereocenters. The molecule has 1 atom stereocenters. The zero-order valence-electron chi connectivity index (χ0n) is 16.3. The Morgan fingerprint density at radius 3 is 2.37 bits per heavy atom. The normalized spacial score (nSPS) is 16.6. The van der Waals surface area contributed by atoms with E-state index in [0.29, 0.717) is 23.8 Å². The summed E-state index contributed by atoms with van der Waals surface area (Å²) in [6.45, 7) is 0.376. The molecule has 2 aromatic rings. The van der Waals surface area contributed by atoms with Gasteiger partial charge in [-0.3, -0.25) is 9.59 Å². The van der Waals surface area contributed by atoms with Crippen LogP contribution in [0.5, 0.6) is 0 Å². The van der Waals surface area contributed by atoms with Crippen LogP contribution in [0.4, 0.5) is 5.69 Å². The van der Waals surface area contributed by atoms with E-state index in [2.05, 4.69) is 5.32 Å². The molecule has 2 aromatic carbocycles. The predicted octanol–water partition coefficient (Wildman–Crippen LogP) is 1.01. The number of anilines is 1. The highest BCUT2D eigenvalue weighted by Crippen LogP contribution is 2.26. The van der Waals surface area contributed by atoms with Gasteiger partial charge in [-0.2, -0.15) is 0 Å². The minimum atomic E-state index is -3.76. The minimum absolute atomic E-state index is 0.0277. The molecule has 8 nitrogen and oxygen atoms in total. The zero-order valence-corrected chi connectivity index (χ0v) is 17.9. The SMILES string of the molecule is CNC(=S)N(CCc1ccc(S(N)(=O)=O)cc1)C1CC(=O)N(c2ccccc2)C1=O. The van der Waals surface area contributed by atoms with Gasteiger partial charge < -0.3 is 10.2 Å². The number of primary sulfonamides is 1. The molecular formula is C20H22N4O4S2. The van der Waals surface area contributed by atoms with Crippen molar-refractivity contribution in [1.82, 2.24) is 10.2 Å². The summed E-state index contributed by atoms with van der Waals surface area (Å²) >= 11 is 5.38. The summed E-state index contributed by atoms with van der Waals surface area (Å²) in [6, 6.07) is 14.3. The number of para-hydroxylation sites is 1. The van der Waals surface area contributed by atoms with Gasteiger partial charge in [0.05, 0.1) is 17.0 Å². The fraction of sp³-hybridized carbons (Fsp3) is 0.250. The van der Waals surface area contributed by atoms with E-state index in [1.54, 1.807) is 48.3 Å². The third-order valence-corrected chi connectivity index (χ3v) is 6.25. The summed E-state index contributed by atoms with van der Waals surface area (Å²) in [6.07, 6.45) is 0.524. The molecule has 1 aliphatic rings. The van der Waals surface area contributed by atoms with Gasteiger partial charge in [-0.15, -0.1) is 0 Å². The van der Waals surface area contributed by atoms with Crippen LogP contribution in [0.1, 0.15) is 12.0 Å². The Morgan fingerprint density at radius 2 is 1.80 bits per heavy atom. The summed E-state index contributed by atoms with van der Waals surface area (Å²) in [4.78, 5) is 28.5. The molecule has 1 fully saturated rings. The molecule has 0 aliphatic carbocycles. The number of nitrogens with one attached hydrogen (secondary N) is 1. The standard InChI is InChI=1S/C20H22N4O4S2/c1-22-20(29)23(12-11-14-7-9-16(10-8-14)30(21,27)28)17-13-18(25)24(19(17)26)15-5-3-2-4-6-15/h2-10,17H,11-13H2,1H3,(H,22,29)(H2,21,27,28). The second-order valence-electron chi connectivity index (χ2n) is 6.81. The van der Waals surface area contributed by atoms with Gasteiger partial charge in [-0.05, 0) is 48.5 Å². The van der Waals surface area contributed by atoms with E-state index in [9.17, 15) is 18.0 Å². The van der Waals surface area contributed by atoms with Crippen molar-refractivity contribution in [3.05, 3.63) is 60.2 Å².